The van der Waals surface area contributed by atoms with Crippen molar-refractivity contribution in [1.82, 2.24) is 20.1 Å². The number of ether oxygens (including phenoxy) is 1. The highest BCUT2D eigenvalue weighted by atomic mass is 32.2. The number of rotatable bonds is 6. The van der Waals surface area contributed by atoms with E-state index in [1.807, 2.05) is 29.7 Å². The summed E-state index contributed by atoms with van der Waals surface area (Å²) in [5.41, 5.74) is 4.58. The highest BCUT2D eigenvalue weighted by molar-refractivity contribution is 7.99. The number of carbonyl (C=O) groups is 1. The summed E-state index contributed by atoms with van der Waals surface area (Å²) >= 11 is 1.41. The molecule has 0 spiro atoms. The minimum atomic E-state index is -0.00738. The van der Waals surface area contributed by atoms with Gasteiger partial charge in [0.2, 0.25) is 5.91 Å². The van der Waals surface area contributed by atoms with Crippen molar-refractivity contribution in [1.29, 1.82) is 0 Å². The number of nitrogens with one attached hydrogen (secondary N) is 1. The van der Waals surface area contributed by atoms with Crippen LogP contribution in [0.1, 0.15) is 22.5 Å². The van der Waals surface area contributed by atoms with E-state index in [1.165, 1.54) is 22.9 Å². The number of hydrogen-bond acceptors (Lipinski definition) is 5. The van der Waals surface area contributed by atoms with E-state index < -0.39 is 0 Å². The molecule has 156 valence electrons. The molecule has 1 N–H and O–H groups in total. The van der Waals surface area contributed by atoms with Crippen LogP contribution in [0.4, 0.5) is 0 Å². The third-order valence-electron chi connectivity index (χ3n) is 5.28. The van der Waals surface area contributed by atoms with Crippen LogP contribution in [0.2, 0.25) is 0 Å². The van der Waals surface area contributed by atoms with Gasteiger partial charge in [-0.3, -0.25) is 9.36 Å². The average molecular weight is 423 g/mol. The number of benzene rings is 2. The second kappa shape index (κ2) is 8.92. The monoisotopic (exact) mass is 422 g/mol. The molecular formula is C23H26N4O2S. The number of hydrogen-bond donors (Lipinski definition) is 1. The molecule has 0 aliphatic carbocycles. The minimum Gasteiger partial charge on any atom is -0.493 e. The molecule has 1 amide bonds. The summed E-state index contributed by atoms with van der Waals surface area (Å²) in [7, 11) is 0. The van der Waals surface area contributed by atoms with Crippen molar-refractivity contribution < 1.29 is 9.53 Å². The molecule has 2 aromatic carbocycles. The first-order chi connectivity index (χ1) is 14.5. The second-order valence-electron chi connectivity index (χ2n) is 7.74. The summed E-state index contributed by atoms with van der Waals surface area (Å²) < 4.78 is 7.83. The first-order valence-electron chi connectivity index (χ1n) is 10.1. The molecule has 0 fully saturated rings. The lowest BCUT2D eigenvalue weighted by atomic mass is 9.97. The van der Waals surface area contributed by atoms with Crippen LogP contribution >= 0.6 is 11.8 Å². The quantitative estimate of drug-likeness (QED) is 0.614. The van der Waals surface area contributed by atoms with Gasteiger partial charge in [-0.25, -0.2) is 0 Å². The Morgan fingerprint density at radius 2 is 2.03 bits per heavy atom. The zero-order chi connectivity index (χ0) is 21.1. The van der Waals surface area contributed by atoms with Crippen LogP contribution in [0, 0.1) is 26.7 Å². The molecule has 0 bridgehead atoms. The van der Waals surface area contributed by atoms with Crippen molar-refractivity contribution in [3.63, 3.8) is 0 Å². The Hall–Kier alpha value is -2.80. The Balaban J connectivity index is 1.35. The largest absolute Gasteiger partial charge is 0.493 e. The van der Waals surface area contributed by atoms with E-state index in [0.717, 1.165) is 34.4 Å². The van der Waals surface area contributed by atoms with Gasteiger partial charge in [-0.1, -0.05) is 42.1 Å². The normalized spacial score (nSPS) is 15.4. The second-order valence-corrected chi connectivity index (χ2v) is 8.68. The van der Waals surface area contributed by atoms with Gasteiger partial charge in [0.1, 0.15) is 11.6 Å². The molecule has 1 aromatic heterocycles. The lowest BCUT2D eigenvalue weighted by Gasteiger charge is -2.25. The molecule has 0 saturated carbocycles. The number of para-hydroxylation sites is 1. The number of thioether (sulfide) groups is 1. The van der Waals surface area contributed by atoms with Crippen molar-refractivity contribution in [3.05, 3.63) is 65.0 Å². The molecule has 7 heteroatoms. The van der Waals surface area contributed by atoms with Crippen LogP contribution in [0.25, 0.3) is 5.69 Å². The summed E-state index contributed by atoms with van der Waals surface area (Å²) in [4.78, 5) is 12.5. The Morgan fingerprint density at radius 1 is 1.20 bits per heavy atom. The van der Waals surface area contributed by atoms with Crippen LogP contribution in [0.5, 0.6) is 5.75 Å². The van der Waals surface area contributed by atoms with Crippen molar-refractivity contribution in [2.45, 2.75) is 32.3 Å². The highest BCUT2D eigenvalue weighted by Gasteiger charge is 2.20. The smallest absolute Gasteiger partial charge is 0.230 e. The molecular weight excluding hydrogens is 396 g/mol. The summed E-state index contributed by atoms with van der Waals surface area (Å²) in [6.07, 6.45) is 0.920. The molecule has 1 aliphatic heterocycles. The molecule has 1 aliphatic rings. The first kappa shape index (κ1) is 20.5. The van der Waals surface area contributed by atoms with E-state index in [4.69, 9.17) is 4.74 Å². The number of aryl methyl sites for hydroxylation is 3. The average Bonchev–Trinajstić information content (AvgIpc) is 3.12. The zero-order valence-electron chi connectivity index (χ0n) is 17.5. The lowest BCUT2D eigenvalue weighted by Crippen LogP contribution is -2.35. The van der Waals surface area contributed by atoms with Crippen molar-refractivity contribution >= 4 is 17.7 Å². The molecule has 3 aromatic rings. The molecule has 0 saturated heterocycles. The summed E-state index contributed by atoms with van der Waals surface area (Å²) in [6.45, 7) is 7.30. The molecule has 1 atom stereocenters. The predicted octanol–water partition coefficient (Wildman–Crippen LogP) is 3.65. The maximum absolute atomic E-state index is 12.5. The number of carbonyl (C=O) groups excluding carboxylic acids is 1. The first-order valence-corrected chi connectivity index (χ1v) is 11.1. The predicted molar refractivity (Wildman–Crippen MR) is 118 cm³/mol. The third kappa shape index (κ3) is 4.51. The third-order valence-corrected chi connectivity index (χ3v) is 6.21. The number of aromatic nitrogens is 3. The van der Waals surface area contributed by atoms with Crippen LogP contribution < -0.4 is 10.1 Å². The number of amides is 1. The van der Waals surface area contributed by atoms with Gasteiger partial charge in [0.05, 0.1) is 18.0 Å². The summed E-state index contributed by atoms with van der Waals surface area (Å²) in [5.74, 6) is 2.34. The van der Waals surface area contributed by atoms with Crippen LogP contribution in [0.15, 0.2) is 47.6 Å². The Morgan fingerprint density at radius 3 is 2.90 bits per heavy atom. The maximum Gasteiger partial charge on any atom is 0.230 e. The van der Waals surface area contributed by atoms with Gasteiger partial charge in [-0.15, -0.1) is 10.2 Å². The number of nitrogens with zero attached hydrogens (tertiary/aromatic N) is 3. The van der Waals surface area contributed by atoms with E-state index in [-0.39, 0.29) is 11.8 Å². The van der Waals surface area contributed by atoms with Gasteiger partial charge in [0, 0.05) is 12.5 Å². The summed E-state index contributed by atoms with van der Waals surface area (Å²) in [5, 5.41) is 12.3. The van der Waals surface area contributed by atoms with Gasteiger partial charge >= 0.3 is 0 Å². The fourth-order valence-electron chi connectivity index (χ4n) is 3.64. The summed E-state index contributed by atoms with van der Waals surface area (Å²) in [6, 6.07) is 14.4. The molecule has 30 heavy (non-hydrogen) atoms. The fourth-order valence-corrected chi connectivity index (χ4v) is 4.46. The van der Waals surface area contributed by atoms with E-state index in [9.17, 15) is 4.79 Å². The van der Waals surface area contributed by atoms with Crippen LogP contribution in [-0.2, 0) is 11.2 Å². The molecule has 0 radical (unpaired) electrons. The van der Waals surface area contributed by atoms with E-state index in [2.05, 4.69) is 53.6 Å². The Bertz CT molecular complexity index is 1060. The maximum atomic E-state index is 12.5. The van der Waals surface area contributed by atoms with E-state index in [0.29, 0.717) is 18.9 Å². The fraction of sp³-hybridized carbons (Fsp3) is 0.348. The van der Waals surface area contributed by atoms with Crippen molar-refractivity contribution in [2.24, 2.45) is 5.92 Å². The Labute approximate surface area is 181 Å². The SMILES string of the molecule is Cc1ccc(C)c(-n2c(C)nnc2SCC(=O)NCC2COc3ccccc3C2)c1. The highest BCUT2D eigenvalue weighted by Crippen LogP contribution is 2.27. The standard InChI is InChI=1S/C23H26N4O2S/c1-15-8-9-16(2)20(10-15)27-17(3)25-26-23(27)30-14-22(28)24-12-18-11-19-6-4-5-7-21(19)29-13-18/h4-10,18H,11-14H2,1-3H3,(H,24,28). The van der Waals surface area contributed by atoms with Crippen LogP contribution in [0.3, 0.4) is 0 Å². The van der Waals surface area contributed by atoms with Gasteiger partial charge < -0.3 is 10.1 Å². The van der Waals surface area contributed by atoms with Gasteiger partial charge in [0.15, 0.2) is 5.16 Å². The molecule has 4 rings (SSSR count). The molecule has 2 heterocycles. The number of fused-ring (bicyclic) bond motifs is 1. The van der Waals surface area contributed by atoms with Gasteiger partial charge in [0.25, 0.3) is 0 Å². The van der Waals surface area contributed by atoms with E-state index in [1.54, 1.807) is 0 Å². The van der Waals surface area contributed by atoms with E-state index >= 15 is 0 Å². The zero-order valence-corrected chi connectivity index (χ0v) is 18.3. The van der Waals surface area contributed by atoms with Crippen molar-refractivity contribution in [2.75, 3.05) is 18.9 Å². The van der Waals surface area contributed by atoms with Gasteiger partial charge in [-0.2, -0.15) is 0 Å². The minimum absolute atomic E-state index is 0.00738. The topological polar surface area (TPSA) is 69.0 Å². The lowest BCUT2D eigenvalue weighted by molar-refractivity contribution is -0.118. The molecule has 1 unspecified atom stereocenters. The van der Waals surface area contributed by atoms with Crippen LogP contribution in [-0.4, -0.2) is 39.6 Å². The van der Waals surface area contributed by atoms with Crippen molar-refractivity contribution in [3.8, 4) is 11.4 Å². The Kier molecular flexibility index (Phi) is 6.08. The molecule has 6 nitrogen and oxygen atoms in total. The van der Waals surface area contributed by atoms with Gasteiger partial charge in [-0.05, 0) is 56.0 Å².